The lowest BCUT2D eigenvalue weighted by Crippen LogP contribution is -1.89. The summed E-state index contributed by atoms with van der Waals surface area (Å²) in [5.41, 5.74) is 0.990. The van der Waals surface area contributed by atoms with Gasteiger partial charge in [0, 0.05) is 12.2 Å². The maximum Gasteiger partial charge on any atom is 0.185 e. The third-order valence-electron chi connectivity index (χ3n) is 2.24. The highest BCUT2D eigenvalue weighted by Gasteiger charge is 2.03. The number of hydrogen-bond donors (Lipinski definition) is 1. The molecule has 1 aromatic heterocycles. The number of aldehydes is 1. The zero-order valence-electron chi connectivity index (χ0n) is 8.24. The molecule has 14 heavy (non-hydrogen) atoms. The maximum atomic E-state index is 10.5. The predicted octanol–water partition coefficient (Wildman–Crippen LogP) is 2.19. The molecule has 0 aromatic carbocycles. The van der Waals surface area contributed by atoms with E-state index in [2.05, 4.69) is 0 Å². The summed E-state index contributed by atoms with van der Waals surface area (Å²) in [5, 5.41) is 8.57. The summed E-state index contributed by atoms with van der Waals surface area (Å²) in [6, 6.07) is 1.84. The Bertz CT molecular complexity index is 265. The second-order valence-corrected chi connectivity index (χ2v) is 3.32. The van der Waals surface area contributed by atoms with Crippen LogP contribution >= 0.6 is 0 Å². The van der Waals surface area contributed by atoms with Crippen LogP contribution in [0.4, 0.5) is 0 Å². The van der Waals surface area contributed by atoms with Gasteiger partial charge in [0.15, 0.2) is 12.0 Å². The second kappa shape index (κ2) is 6.38. The van der Waals surface area contributed by atoms with Gasteiger partial charge >= 0.3 is 0 Å². The molecule has 0 bridgehead atoms. The molecule has 0 aliphatic rings. The Labute approximate surface area is 83.7 Å². The number of aliphatic hydroxyl groups excluding tert-OH is 1. The number of unbranched alkanes of at least 4 members (excludes halogenated alkanes) is 3. The molecule has 78 valence electrons. The number of hydrogen-bond acceptors (Lipinski definition) is 3. The van der Waals surface area contributed by atoms with Crippen molar-refractivity contribution >= 4 is 6.29 Å². The van der Waals surface area contributed by atoms with E-state index >= 15 is 0 Å². The molecule has 3 nitrogen and oxygen atoms in total. The third-order valence-corrected chi connectivity index (χ3v) is 2.24. The zero-order valence-corrected chi connectivity index (χ0v) is 8.24. The first-order chi connectivity index (χ1) is 6.88. The van der Waals surface area contributed by atoms with Crippen LogP contribution in [0.3, 0.4) is 0 Å². The van der Waals surface area contributed by atoms with Gasteiger partial charge in [0.05, 0.1) is 6.26 Å². The molecule has 0 spiro atoms. The lowest BCUT2D eigenvalue weighted by atomic mass is 10.1. The molecule has 1 rings (SSSR count). The van der Waals surface area contributed by atoms with E-state index < -0.39 is 0 Å². The molecule has 0 aliphatic carbocycles. The van der Waals surface area contributed by atoms with Gasteiger partial charge in [0.1, 0.15) is 0 Å². The SMILES string of the molecule is O=Cc1occc1CCCCCCO. The Morgan fingerprint density at radius 2 is 2.07 bits per heavy atom. The van der Waals surface area contributed by atoms with E-state index in [-0.39, 0.29) is 6.61 Å². The van der Waals surface area contributed by atoms with Gasteiger partial charge in [-0.3, -0.25) is 4.79 Å². The summed E-state index contributed by atoms with van der Waals surface area (Å²) in [4.78, 5) is 10.5. The molecule has 0 saturated heterocycles. The molecule has 0 saturated carbocycles. The summed E-state index contributed by atoms with van der Waals surface area (Å²) >= 11 is 0. The quantitative estimate of drug-likeness (QED) is 0.537. The van der Waals surface area contributed by atoms with Crippen LogP contribution in [0, 0.1) is 0 Å². The summed E-state index contributed by atoms with van der Waals surface area (Å²) in [6.45, 7) is 0.269. The van der Waals surface area contributed by atoms with Crippen molar-refractivity contribution in [3.8, 4) is 0 Å². The van der Waals surface area contributed by atoms with E-state index in [0.717, 1.165) is 44.0 Å². The largest absolute Gasteiger partial charge is 0.461 e. The number of aryl methyl sites for hydroxylation is 1. The molecule has 1 aromatic rings. The molecule has 0 radical (unpaired) electrons. The van der Waals surface area contributed by atoms with E-state index in [1.54, 1.807) is 6.26 Å². The number of carbonyl (C=O) groups is 1. The smallest absolute Gasteiger partial charge is 0.185 e. The van der Waals surface area contributed by atoms with E-state index in [1.807, 2.05) is 6.07 Å². The van der Waals surface area contributed by atoms with Crippen molar-refractivity contribution in [1.29, 1.82) is 0 Å². The highest BCUT2D eigenvalue weighted by molar-refractivity contribution is 5.72. The van der Waals surface area contributed by atoms with Crippen LogP contribution in [0.2, 0.25) is 0 Å². The highest BCUT2D eigenvalue weighted by atomic mass is 16.3. The minimum atomic E-state index is 0.269. The first-order valence-electron chi connectivity index (χ1n) is 5.01. The molecule has 0 amide bonds. The number of furan rings is 1. The van der Waals surface area contributed by atoms with Gasteiger partial charge in [-0.05, 0) is 25.3 Å². The van der Waals surface area contributed by atoms with Gasteiger partial charge < -0.3 is 9.52 Å². The number of rotatable bonds is 7. The van der Waals surface area contributed by atoms with Gasteiger partial charge in [-0.25, -0.2) is 0 Å². The molecule has 0 unspecified atom stereocenters. The van der Waals surface area contributed by atoms with Gasteiger partial charge in [-0.2, -0.15) is 0 Å². The maximum absolute atomic E-state index is 10.5. The fourth-order valence-corrected chi connectivity index (χ4v) is 1.44. The van der Waals surface area contributed by atoms with Crippen LogP contribution in [-0.2, 0) is 6.42 Å². The van der Waals surface area contributed by atoms with Gasteiger partial charge in [-0.15, -0.1) is 0 Å². The lowest BCUT2D eigenvalue weighted by molar-refractivity contribution is 0.109. The minimum Gasteiger partial charge on any atom is -0.461 e. The minimum absolute atomic E-state index is 0.269. The fraction of sp³-hybridized carbons (Fsp3) is 0.545. The van der Waals surface area contributed by atoms with Crippen LogP contribution in [-0.4, -0.2) is 18.0 Å². The molecule has 3 heteroatoms. The Kier molecular flexibility index (Phi) is 5.00. The number of carbonyl (C=O) groups excluding carboxylic acids is 1. The Morgan fingerprint density at radius 1 is 1.29 bits per heavy atom. The number of aliphatic hydroxyl groups is 1. The molecular formula is C11H16O3. The monoisotopic (exact) mass is 196 g/mol. The van der Waals surface area contributed by atoms with Gasteiger partial charge in [0.2, 0.25) is 0 Å². The van der Waals surface area contributed by atoms with Crippen LogP contribution in [0.15, 0.2) is 16.7 Å². The van der Waals surface area contributed by atoms with Crippen LogP contribution < -0.4 is 0 Å². The Balaban J connectivity index is 2.21. The second-order valence-electron chi connectivity index (χ2n) is 3.32. The van der Waals surface area contributed by atoms with Crippen molar-refractivity contribution in [3.05, 3.63) is 23.7 Å². The van der Waals surface area contributed by atoms with E-state index in [1.165, 1.54) is 0 Å². The Morgan fingerprint density at radius 3 is 2.79 bits per heavy atom. The average molecular weight is 196 g/mol. The first kappa shape index (κ1) is 11.0. The topological polar surface area (TPSA) is 50.4 Å². The molecule has 0 aliphatic heterocycles. The van der Waals surface area contributed by atoms with E-state index in [9.17, 15) is 4.79 Å². The first-order valence-corrected chi connectivity index (χ1v) is 5.01. The summed E-state index contributed by atoms with van der Waals surface area (Å²) in [6.07, 6.45) is 7.23. The summed E-state index contributed by atoms with van der Waals surface area (Å²) in [5.74, 6) is 0.451. The molecule has 0 atom stereocenters. The van der Waals surface area contributed by atoms with Gasteiger partial charge in [-0.1, -0.05) is 12.8 Å². The van der Waals surface area contributed by atoms with E-state index in [4.69, 9.17) is 9.52 Å². The van der Waals surface area contributed by atoms with Crippen LogP contribution in [0.1, 0.15) is 41.8 Å². The van der Waals surface area contributed by atoms with E-state index in [0.29, 0.717) is 5.76 Å². The van der Waals surface area contributed by atoms with Crippen LogP contribution in [0.5, 0.6) is 0 Å². The standard InChI is InChI=1S/C11H16O3/c12-7-4-2-1-3-5-10-6-8-14-11(10)9-13/h6,8-9,12H,1-5,7H2. The molecule has 0 fully saturated rings. The predicted molar refractivity (Wildman–Crippen MR) is 53.4 cm³/mol. The Hall–Kier alpha value is -1.09. The van der Waals surface area contributed by atoms with Crippen molar-refractivity contribution in [3.63, 3.8) is 0 Å². The van der Waals surface area contributed by atoms with Crippen LogP contribution in [0.25, 0.3) is 0 Å². The van der Waals surface area contributed by atoms with Crippen molar-refractivity contribution in [1.82, 2.24) is 0 Å². The average Bonchev–Trinajstić information content (AvgIpc) is 2.65. The summed E-state index contributed by atoms with van der Waals surface area (Å²) < 4.78 is 4.98. The van der Waals surface area contributed by atoms with Crippen molar-refractivity contribution in [2.75, 3.05) is 6.61 Å². The lowest BCUT2D eigenvalue weighted by Gasteiger charge is -1.98. The third kappa shape index (κ3) is 3.34. The van der Waals surface area contributed by atoms with Crippen molar-refractivity contribution in [2.45, 2.75) is 32.1 Å². The molecular weight excluding hydrogens is 180 g/mol. The van der Waals surface area contributed by atoms with Crippen molar-refractivity contribution in [2.24, 2.45) is 0 Å². The van der Waals surface area contributed by atoms with Crippen molar-refractivity contribution < 1.29 is 14.3 Å². The van der Waals surface area contributed by atoms with Gasteiger partial charge in [0.25, 0.3) is 0 Å². The molecule has 1 N–H and O–H groups in total. The highest BCUT2D eigenvalue weighted by Crippen LogP contribution is 2.12. The normalized spacial score (nSPS) is 10.4. The molecule has 1 heterocycles. The zero-order chi connectivity index (χ0) is 10.2. The fourth-order valence-electron chi connectivity index (χ4n) is 1.44. The summed E-state index contributed by atoms with van der Waals surface area (Å²) in [7, 11) is 0.